The summed E-state index contributed by atoms with van der Waals surface area (Å²) in [5.41, 5.74) is 8.79. The fraction of sp³-hybridized carbons (Fsp3) is 0.385. The molecule has 0 spiro atoms. The summed E-state index contributed by atoms with van der Waals surface area (Å²) in [6, 6.07) is 5.97. The van der Waals surface area contributed by atoms with Crippen molar-refractivity contribution in [3.8, 4) is 17.0 Å². The Labute approximate surface area is 107 Å². The maximum atomic E-state index is 5.73. The van der Waals surface area contributed by atoms with Crippen LogP contribution in [0.25, 0.3) is 11.3 Å². The third-order valence-electron chi connectivity index (χ3n) is 2.85. The molecule has 0 radical (unpaired) electrons. The van der Waals surface area contributed by atoms with Crippen LogP contribution in [0.5, 0.6) is 5.75 Å². The van der Waals surface area contributed by atoms with E-state index >= 15 is 0 Å². The molecule has 18 heavy (non-hydrogen) atoms. The van der Waals surface area contributed by atoms with E-state index in [9.17, 15) is 0 Å². The number of aryl methyl sites for hydroxylation is 1. The largest absolute Gasteiger partial charge is 0.496 e. The van der Waals surface area contributed by atoms with Crippen molar-refractivity contribution in [1.29, 1.82) is 0 Å². The predicted octanol–water partition coefficient (Wildman–Crippen LogP) is 1.82. The van der Waals surface area contributed by atoms with Crippen molar-refractivity contribution in [1.82, 2.24) is 15.0 Å². The van der Waals surface area contributed by atoms with Crippen molar-refractivity contribution in [2.45, 2.75) is 26.4 Å². The van der Waals surface area contributed by atoms with Crippen molar-refractivity contribution in [2.75, 3.05) is 7.11 Å². The zero-order chi connectivity index (χ0) is 13.0. The van der Waals surface area contributed by atoms with E-state index in [1.54, 1.807) is 13.3 Å². The van der Waals surface area contributed by atoms with Crippen LogP contribution in [0.15, 0.2) is 24.4 Å². The van der Waals surface area contributed by atoms with Gasteiger partial charge in [0, 0.05) is 24.2 Å². The molecular formula is C13H18N4O. The molecule has 1 aromatic carbocycles. The minimum atomic E-state index is 0.451. The van der Waals surface area contributed by atoms with Gasteiger partial charge in [0.1, 0.15) is 5.75 Å². The summed E-state index contributed by atoms with van der Waals surface area (Å²) in [7, 11) is 1.65. The molecule has 1 heterocycles. The van der Waals surface area contributed by atoms with Gasteiger partial charge in [0.05, 0.1) is 19.0 Å². The second kappa shape index (κ2) is 5.64. The van der Waals surface area contributed by atoms with E-state index in [1.807, 2.05) is 22.9 Å². The maximum Gasteiger partial charge on any atom is 0.123 e. The second-order valence-electron chi connectivity index (χ2n) is 4.07. The topological polar surface area (TPSA) is 66.0 Å². The molecule has 5 nitrogen and oxygen atoms in total. The minimum Gasteiger partial charge on any atom is -0.496 e. The van der Waals surface area contributed by atoms with Crippen molar-refractivity contribution in [2.24, 2.45) is 5.73 Å². The highest BCUT2D eigenvalue weighted by Crippen LogP contribution is 2.25. The monoisotopic (exact) mass is 246 g/mol. The third kappa shape index (κ3) is 2.36. The van der Waals surface area contributed by atoms with Gasteiger partial charge in [0.15, 0.2) is 0 Å². The summed E-state index contributed by atoms with van der Waals surface area (Å²) in [5.74, 6) is 0.816. The molecule has 0 aliphatic rings. The van der Waals surface area contributed by atoms with E-state index in [2.05, 4.69) is 17.2 Å². The molecular weight excluding hydrogens is 228 g/mol. The van der Waals surface area contributed by atoms with Gasteiger partial charge in [-0.05, 0) is 24.6 Å². The molecule has 0 aliphatic carbocycles. The Hall–Kier alpha value is -1.88. The molecule has 1 aromatic heterocycles. The number of aromatic nitrogens is 3. The normalized spacial score (nSPS) is 10.6. The van der Waals surface area contributed by atoms with Crippen LogP contribution in [-0.4, -0.2) is 22.1 Å². The predicted molar refractivity (Wildman–Crippen MR) is 70.2 cm³/mol. The van der Waals surface area contributed by atoms with E-state index < -0.39 is 0 Å². The van der Waals surface area contributed by atoms with Gasteiger partial charge in [0.25, 0.3) is 0 Å². The Bertz CT molecular complexity index is 521. The van der Waals surface area contributed by atoms with Crippen molar-refractivity contribution in [3.05, 3.63) is 30.0 Å². The maximum absolute atomic E-state index is 5.73. The summed E-state index contributed by atoms with van der Waals surface area (Å²) < 4.78 is 7.17. The first-order chi connectivity index (χ1) is 8.80. The minimum absolute atomic E-state index is 0.451. The lowest BCUT2D eigenvalue weighted by atomic mass is 10.1. The van der Waals surface area contributed by atoms with E-state index in [-0.39, 0.29) is 0 Å². The average Bonchev–Trinajstić information content (AvgIpc) is 2.86. The number of hydrogen-bond acceptors (Lipinski definition) is 4. The van der Waals surface area contributed by atoms with Gasteiger partial charge in [-0.2, -0.15) is 0 Å². The summed E-state index contributed by atoms with van der Waals surface area (Å²) >= 11 is 0. The van der Waals surface area contributed by atoms with Crippen LogP contribution >= 0.6 is 0 Å². The van der Waals surface area contributed by atoms with Crippen LogP contribution in [0.2, 0.25) is 0 Å². The average molecular weight is 246 g/mol. The zero-order valence-electron chi connectivity index (χ0n) is 10.8. The lowest BCUT2D eigenvalue weighted by molar-refractivity contribution is 0.410. The van der Waals surface area contributed by atoms with Crippen molar-refractivity contribution >= 4 is 0 Å². The zero-order valence-corrected chi connectivity index (χ0v) is 10.8. The number of methoxy groups -OCH3 is 1. The van der Waals surface area contributed by atoms with Crippen LogP contribution in [0.3, 0.4) is 0 Å². The van der Waals surface area contributed by atoms with Gasteiger partial charge in [0.2, 0.25) is 0 Å². The first-order valence-corrected chi connectivity index (χ1v) is 6.06. The van der Waals surface area contributed by atoms with Crippen LogP contribution in [0.1, 0.15) is 18.9 Å². The van der Waals surface area contributed by atoms with Crippen LogP contribution in [-0.2, 0) is 13.1 Å². The third-order valence-corrected chi connectivity index (χ3v) is 2.85. The molecule has 5 heteroatoms. The van der Waals surface area contributed by atoms with Crippen LogP contribution in [0, 0.1) is 0 Å². The Morgan fingerprint density at radius 1 is 1.39 bits per heavy atom. The van der Waals surface area contributed by atoms with Crippen LogP contribution in [0.4, 0.5) is 0 Å². The second-order valence-corrected chi connectivity index (χ2v) is 4.07. The van der Waals surface area contributed by atoms with Gasteiger partial charge < -0.3 is 10.5 Å². The molecule has 0 saturated heterocycles. The SMILES string of the molecule is CCCn1nncc1-c1ccc(OC)c(CN)c1. The Balaban J connectivity index is 2.41. The number of benzene rings is 1. The molecule has 0 bridgehead atoms. The number of hydrogen-bond donors (Lipinski definition) is 1. The van der Waals surface area contributed by atoms with Gasteiger partial charge in [-0.15, -0.1) is 5.10 Å². The molecule has 0 aliphatic heterocycles. The first kappa shape index (κ1) is 12.6. The highest BCUT2D eigenvalue weighted by Gasteiger charge is 2.09. The molecule has 2 aromatic rings. The first-order valence-electron chi connectivity index (χ1n) is 6.06. The van der Waals surface area contributed by atoms with E-state index in [0.717, 1.165) is 35.5 Å². The van der Waals surface area contributed by atoms with Crippen LogP contribution < -0.4 is 10.5 Å². The van der Waals surface area contributed by atoms with E-state index in [0.29, 0.717) is 6.54 Å². The lowest BCUT2D eigenvalue weighted by Crippen LogP contribution is -2.03. The number of ether oxygens (including phenoxy) is 1. The molecule has 0 amide bonds. The smallest absolute Gasteiger partial charge is 0.123 e. The Morgan fingerprint density at radius 3 is 2.89 bits per heavy atom. The number of rotatable bonds is 5. The Kier molecular flexibility index (Phi) is 3.94. The fourth-order valence-electron chi connectivity index (χ4n) is 1.96. The molecule has 2 N–H and O–H groups in total. The molecule has 2 rings (SSSR count). The molecule has 0 atom stereocenters. The van der Waals surface area contributed by atoms with E-state index in [4.69, 9.17) is 10.5 Å². The Morgan fingerprint density at radius 2 is 2.22 bits per heavy atom. The quantitative estimate of drug-likeness (QED) is 0.874. The van der Waals surface area contributed by atoms with E-state index in [1.165, 1.54) is 0 Å². The molecule has 96 valence electrons. The lowest BCUT2D eigenvalue weighted by Gasteiger charge is -2.10. The van der Waals surface area contributed by atoms with Gasteiger partial charge in [-0.3, -0.25) is 0 Å². The summed E-state index contributed by atoms with van der Waals surface area (Å²) in [4.78, 5) is 0. The standard InChI is InChI=1S/C13H18N4O/c1-3-6-17-12(9-15-16-17)10-4-5-13(18-2)11(7-10)8-14/h4-5,7,9H,3,6,8,14H2,1-2H3. The highest BCUT2D eigenvalue weighted by molar-refractivity contribution is 5.61. The molecule has 0 unspecified atom stereocenters. The van der Waals surface area contributed by atoms with Gasteiger partial charge in [-0.1, -0.05) is 12.1 Å². The fourth-order valence-corrected chi connectivity index (χ4v) is 1.96. The highest BCUT2D eigenvalue weighted by atomic mass is 16.5. The molecule has 0 saturated carbocycles. The molecule has 0 fully saturated rings. The van der Waals surface area contributed by atoms with Gasteiger partial charge >= 0.3 is 0 Å². The summed E-state index contributed by atoms with van der Waals surface area (Å²) in [6.07, 6.45) is 2.80. The van der Waals surface area contributed by atoms with Crippen molar-refractivity contribution < 1.29 is 4.74 Å². The van der Waals surface area contributed by atoms with Crippen molar-refractivity contribution in [3.63, 3.8) is 0 Å². The number of nitrogens with zero attached hydrogens (tertiary/aromatic N) is 3. The number of nitrogens with two attached hydrogens (primary N) is 1. The van der Waals surface area contributed by atoms with Gasteiger partial charge in [-0.25, -0.2) is 4.68 Å². The summed E-state index contributed by atoms with van der Waals surface area (Å²) in [6.45, 7) is 3.43. The summed E-state index contributed by atoms with van der Waals surface area (Å²) in [5, 5.41) is 8.05.